The van der Waals surface area contributed by atoms with Crippen LogP contribution >= 0.6 is 0 Å². The van der Waals surface area contributed by atoms with Gasteiger partial charge in [-0.1, -0.05) is 35.5 Å². The molecule has 142 valence electrons. The molecule has 0 radical (unpaired) electrons. The molecule has 0 saturated carbocycles. The molecule has 3 aromatic rings. The van der Waals surface area contributed by atoms with Gasteiger partial charge < -0.3 is 9.84 Å². The number of halogens is 3. The molecule has 3 rings (SSSR count). The minimum absolute atomic E-state index is 0.146. The summed E-state index contributed by atoms with van der Waals surface area (Å²) in [6.45, 7) is 0.146. The Balaban J connectivity index is 1.61. The lowest BCUT2D eigenvalue weighted by molar-refractivity contribution is -0.0436. The predicted molar refractivity (Wildman–Crippen MR) is 90.6 cm³/mol. The van der Waals surface area contributed by atoms with Crippen LogP contribution in [0.2, 0.25) is 0 Å². The van der Waals surface area contributed by atoms with Crippen molar-refractivity contribution in [1.29, 1.82) is 0 Å². The molecule has 0 atom stereocenters. The maximum Gasteiger partial charge on any atom is 0.501 e. The van der Waals surface area contributed by atoms with Gasteiger partial charge in [-0.25, -0.2) is 8.42 Å². The van der Waals surface area contributed by atoms with E-state index in [1.807, 2.05) is 30.3 Å². The van der Waals surface area contributed by atoms with Crippen molar-refractivity contribution in [2.45, 2.75) is 23.4 Å². The number of aromatic nitrogens is 2. The number of sulfone groups is 1. The maximum absolute atomic E-state index is 12.5. The highest BCUT2D eigenvalue weighted by molar-refractivity contribution is 7.92. The Morgan fingerprint density at radius 2 is 1.67 bits per heavy atom. The fourth-order valence-electron chi connectivity index (χ4n) is 2.28. The molecule has 0 spiro atoms. The van der Waals surface area contributed by atoms with Gasteiger partial charge in [0, 0.05) is 12.1 Å². The van der Waals surface area contributed by atoms with Crippen LogP contribution in [0.5, 0.6) is 0 Å². The molecule has 1 heterocycles. The Bertz CT molecular complexity index is 1000. The zero-order chi connectivity index (χ0) is 19.5. The number of nitrogens with zero attached hydrogens (tertiary/aromatic N) is 2. The summed E-state index contributed by atoms with van der Waals surface area (Å²) in [5.41, 5.74) is -3.89. The molecule has 0 aliphatic rings. The van der Waals surface area contributed by atoms with Crippen molar-refractivity contribution in [3.8, 4) is 0 Å². The quantitative estimate of drug-likeness (QED) is 0.685. The molecule has 1 N–H and O–H groups in total. The monoisotopic (exact) mass is 397 g/mol. The van der Waals surface area contributed by atoms with Crippen molar-refractivity contribution in [3.63, 3.8) is 0 Å². The molecule has 0 amide bonds. The van der Waals surface area contributed by atoms with Crippen LogP contribution in [0, 0.1) is 0 Å². The second kappa shape index (κ2) is 7.39. The van der Waals surface area contributed by atoms with Crippen molar-refractivity contribution in [1.82, 2.24) is 10.1 Å². The van der Waals surface area contributed by atoms with Crippen LogP contribution in [0.4, 0.5) is 18.9 Å². The van der Waals surface area contributed by atoms with E-state index in [1.165, 1.54) is 12.1 Å². The Labute approximate surface area is 152 Å². The zero-order valence-electron chi connectivity index (χ0n) is 13.8. The molecule has 0 aliphatic carbocycles. The molecule has 0 unspecified atom stereocenters. The second-order valence-electron chi connectivity index (χ2n) is 5.59. The number of hydrogen-bond acceptors (Lipinski definition) is 6. The number of alkyl halides is 3. The summed E-state index contributed by atoms with van der Waals surface area (Å²) in [5, 5.41) is 6.75. The number of rotatable bonds is 6. The second-order valence-corrected chi connectivity index (χ2v) is 7.54. The molecule has 1 aromatic heterocycles. The standard InChI is InChI=1S/C17H14F3N3O3S/c18-17(19,20)27(24,25)14-8-6-13(7-9-14)21-11-16-22-15(23-26-16)10-12-4-2-1-3-5-12/h1-9,21H,10-11H2. The van der Waals surface area contributed by atoms with E-state index in [-0.39, 0.29) is 6.54 Å². The van der Waals surface area contributed by atoms with Crippen molar-refractivity contribution in [2.24, 2.45) is 0 Å². The summed E-state index contributed by atoms with van der Waals surface area (Å²) < 4.78 is 65.3. The first-order valence-electron chi connectivity index (χ1n) is 7.76. The van der Waals surface area contributed by atoms with E-state index >= 15 is 0 Å². The third kappa shape index (κ3) is 4.45. The topological polar surface area (TPSA) is 85.1 Å². The first kappa shape index (κ1) is 18.9. The third-order valence-corrected chi connectivity index (χ3v) is 5.13. The summed E-state index contributed by atoms with van der Waals surface area (Å²) in [6, 6.07) is 13.8. The minimum atomic E-state index is -5.36. The largest absolute Gasteiger partial charge is 0.501 e. The number of nitrogens with one attached hydrogen (secondary N) is 1. The predicted octanol–water partition coefficient (Wildman–Crippen LogP) is 3.57. The van der Waals surface area contributed by atoms with E-state index in [4.69, 9.17) is 4.52 Å². The van der Waals surface area contributed by atoms with E-state index in [0.29, 0.717) is 23.8 Å². The van der Waals surface area contributed by atoms with Gasteiger partial charge in [0.2, 0.25) is 5.89 Å². The summed E-state index contributed by atoms with van der Waals surface area (Å²) in [5.74, 6) is 0.803. The summed E-state index contributed by atoms with van der Waals surface area (Å²) >= 11 is 0. The highest BCUT2D eigenvalue weighted by atomic mass is 32.2. The van der Waals surface area contributed by atoms with E-state index in [2.05, 4.69) is 15.5 Å². The third-order valence-electron chi connectivity index (χ3n) is 3.63. The van der Waals surface area contributed by atoms with Crippen molar-refractivity contribution >= 4 is 15.5 Å². The van der Waals surface area contributed by atoms with Crippen LogP contribution in [-0.4, -0.2) is 24.1 Å². The molecule has 10 heteroatoms. The fourth-order valence-corrected chi connectivity index (χ4v) is 3.04. The molecular formula is C17H14F3N3O3S. The highest BCUT2D eigenvalue weighted by Gasteiger charge is 2.46. The Morgan fingerprint density at radius 1 is 1.00 bits per heavy atom. The Morgan fingerprint density at radius 3 is 2.30 bits per heavy atom. The van der Waals surface area contributed by atoms with Crippen molar-refractivity contribution in [2.75, 3.05) is 5.32 Å². The number of benzene rings is 2. The average Bonchev–Trinajstić information content (AvgIpc) is 3.07. The molecule has 0 saturated heterocycles. The van der Waals surface area contributed by atoms with Crippen LogP contribution in [0.15, 0.2) is 64.0 Å². The van der Waals surface area contributed by atoms with Crippen LogP contribution in [0.1, 0.15) is 17.3 Å². The maximum atomic E-state index is 12.5. The summed E-state index contributed by atoms with van der Waals surface area (Å²) in [7, 11) is -5.36. The molecule has 0 aliphatic heterocycles. The van der Waals surface area contributed by atoms with Gasteiger partial charge in [0.25, 0.3) is 9.84 Å². The van der Waals surface area contributed by atoms with Crippen molar-refractivity contribution < 1.29 is 26.1 Å². The Hall–Kier alpha value is -2.88. The van der Waals surface area contributed by atoms with E-state index < -0.39 is 20.2 Å². The van der Waals surface area contributed by atoms with Crippen LogP contribution in [-0.2, 0) is 22.8 Å². The lowest BCUT2D eigenvalue weighted by Gasteiger charge is -2.09. The fraction of sp³-hybridized carbons (Fsp3) is 0.176. The zero-order valence-corrected chi connectivity index (χ0v) is 14.6. The van der Waals surface area contributed by atoms with E-state index in [1.54, 1.807) is 0 Å². The molecule has 0 fully saturated rings. The number of anilines is 1. The van der Waals surface area contributed by atoms with E-state index in [9.17, 15) is 21.6 Å². The van der Waals surface area contributed by atoms with Crippen LogP contribution < -0.4 is 5.32 Å². The lowest BCUT2D eigenvalue weighted by atomic mass is 10.1. The van der Waals surface area contributed by atoms with Gasteiger partial charge >= 0.3 is 5.51 Å². The van der Waals surface area contributed by atoms with Gasteiger partial charge in [-0.3, -0.25) is 0 Å². The SMILES string of the molecule is O=S(=O)(c1ccc(NCc2nc(Cc3ccccc3)no2)cc1)C(F)(F)F. The molecule has 2 aromatic carbocycles. The normalized spacial score (nSPS) is 12.1. The lowest BCUT2D eigenvalue weighted by Crippen LogP contribution is -2.23. The smallest absolute Gasteiger partial charge is 0.376 e. The van der Waals surface area contributed by atoms with Crippen LogP contribution in [0.3, 0.4) is 0 Å². The molecular weight excluding hydrogens is 383 g/mol. The van der Waals surface area contributed by atoms with Gasteiger partial charge in [0.15, 0.2) is 5.82 Å². The van der Waals surface area contributed by atoms with Crippen molar-refractivity contribution in [3.05, 3.63) is 71.9 Å². The van der Waals surface area contributed by atoms with Gasteiger partial charge in [-0.05, 0) is 29.8 Å². The molecule has 6 nitrogen and oxygen atoms in total. The molecule has 0 bridgehead atoms. The molecule has 27 heavy (non-hydrogen) atoms. The first-order valence-corrected chi connectivity index (χ1v) is 9.25. The van der Waals surface area contributed by atoms with E-state index in [0.717, 1.165) is 17.7 Å². The van der Waals surface area contributed by atoms with Gasteiger partial charge in [0.1, 0.15) is 0 Å². The van der Waals surface area contributed by atoms with Gasteiger partial charge in [-0.2, -0.15) is 18.2 Å². The summed E-state index contributed by atoms with van der Waals surface area (Å²) in [4.78, 5) is 3.41. The number of hydrogen-bond donors (Lipinski definition) is 1. The minimum Gasteiger partial charge on any atom is -0.376 e. The van der Waals surface area contributed by atoms with Crippen LogP contribution in [0.25, 0.3) is 0 Å². The van der Waals surface area contributed by atoms with Gasteiger partial charge in [-0.15, -0.1) is 0 Å². The summed E-state index contributed by atoms with van der Waals surface area (Å²) in [6.07, 6.45) is 0.508. The highest BCUT2D eigenvalue weighted by Crippen LogP contribution is 2.30. The Kier molecular flexibility index (Phi) is 5.17. The van der Waals surface area contributed by atoms with Gasteiger partial charge in [0.05, 0.1) is 11.4 Å². The first-order chi connectivity index (χ1) is 12.8. The average molecular weight is 397 g/mol.